The predicted molar refractivity (Wildman–Crippen MR) is 46.7 cm³/mol. The van der Waals surface area contributed by atoms with Gasteiger partial charge in [0.15, 0.2) is 0 Å². The van der Waals surface area contributed by atoms with E-state index in [1.807, 2.05) is 24.3 Å². The van der Waals surface area contributed by atoms with Crippen LogP contribution < -0.4 is 4.74 Å². The second kappa shape index (κ2) is 2.92. The molecule has 3 heteroatoms. The van der Waals surface area contributed by atoms with E-state index in [-0.39, 0.29) is 10.8 Å². The van der Waals surface area contributed by atoms with E-state index in [0.29, 0.717) is 5.75 Å². The Morgan fingerprint density at radius 1 is 1.42 bits per heavy atom. The molecule has 1 aliphatic heterocycles. The van der Waals surface area contributed by atoms with Gasteiger partial charge < -0.3 is 0 Å². The van der Waals surface area contributed by atoms with E-state index in [0.717, 1.165) is 12.0 Å². The SMILES string of the molecule is O=C1Oc2ccccc2CC1[SeH]. The van der Waals surface area contributed by atoms with Crippen LogP contribution in [0.25, 0.3) is 0 Å². The van der Waals surface area contributed by atoms with Crippen LogP contribution in [0.5, 0.6) is 5.75 Å². The second-order valence-electron chi connectivity index (χ2n) is 2.75. The molecule has 2 nitrogen and oxygen atoms in total. The third kappa shape index (κ3) is 1.26. The summed E-state index contributed by atoms with van der Waals surface area (Å²) in [4.78, 5) is 11.1. The Morgan fingerprint density at radius 3 is 3.00 bits per heavy atom. The zero-order valence-corrected chi connectivity index (χ0v) is 8.23. The number of hydrogen-bond donors (Lipinski definition) is 0. The van der Waals surface area contributed by atoms with E-state index in [2.05, 4.69) is 16.0 Å². The minimum atomic E-state index is -0.145. The molecular formula is C9H8O2Se. The number of para-hydroxylation sites is 1. The summed E-state index contributed by atoms with van der Waals surface area (Å²) in [5, 5.41) is 0. The van der Waals surface area contributed by atoms with Crippen molar-refractivity contribution in [2.75, 3.05) is 0 Å². The molecule has 0 aliphatic carbocycles. The van der Waals surface area contributed by atoms with Gasteiger partial charge in [0, 0.05) is 0 Å². The molecule has 0 radical (unpaired) electrons. The van der Waals surface area contributed by atoms with Crippen molar-refractivity contribution in [2.24, 2.45) is 0 Å². The summed E-state index contributed by atoms with van der Waals surface area (Å²) in [7, 11) is 0. The van der Waals surface area contributed by atoms with Crippen LogP contribution in [0.15, 0.2) is 24.3 Å². The fourth-order valence-corrected chi connectivity index (χ4v) is 1.76. The van der Waals surface area contributed by atoms with Crippen molar-refractivity contribution in [1.29, 1.82) is 0 Å². The first-order valence-electron chi connectivity index (χ1n) is 3.75. The van der Waals surface area contributed by atoms with Crippen LogP contribution in [0.4, 0.5) is 0 Å². The first-order valence-corrected chi connectivity index (χ1v) is 4.83. The summed E-state index contributed by atoms with van der Waals surface area (Å²) in [6.45, 7) is 0. The van der Waals surface area contributed by atoms with Gasteiger partial charge in [-0.15, -0.1) is 0 Å². The number of fused-ring (bicyclic) bond motifs is 1. The number of esters is 1. The topological polar surface area (TPSA) is 26.3 Å². The Kier molecular flexibility index (Phi) is 1.91. The van der Waals surface area contributed by atoms with Gasteiger partial charge in [-0.3, -0.25) is 0 Å². The monoisotopic (exact) mass is 228 g/mol. The molecule has 12 heavy (non-hydrogen) atoms. The summed E-state index contributed by atoms with van der Waals surface area (Å²) >= 11 is 2.34. The Morgan fingerprint density at radius 2 is 2.17 bits per heavy atom. The first-order chi connectivity index (χ1) is 5.77. The molecule has 0 spiro atoms. The Bertz CT molecular complexity index is 322. The van der Waals surface area contributed by atoms with Gasteiger partial charge in [-0.1, -0.05) is 0 Å². The van der Waals surface area contributed by atoms with Crippen molar-refractivity contribution < 1.29 is 9.53 Å². The fraction of sp³-hybridized carbons (Fsp3) is 0.222. The molecule has 62 valence electrons. The Hall–Kier alpha value is -0.791. The van der Waals surface area contributed by atoms with Crippen molar-refractivity contribution in [1.82, 2.24) is 0 Å². The molecule has 2 rings (SSSR count). The number of hydrogen-bond acceptors (Lipinski definition) is 2. The Balaban J connectivity index is 2.40. The van der Waals surface area contributed by atoms with Gasteiger partial charge in [0.25, 0.3) is 0 Å². The molecule has 1 heterocycles. The molecule has 0 saturated carbocycles. The summed E-state index contributed by atoms with van der Waals surface area (Å²) in [6.07, 6.45) is 0.773. The van der Waals surface area contributed by atoms with Crippen LogP contribution in [0.1, 0.15) is 5.56 Å². The van der Waals surface area contributed by atoms with Crippen molar-refractivity contribution in [3.63, 3.8) is 0 Å². The number of carbonyl (C=O) groups excluding carboxylic acids is 1. The van der Waals surface area contributed by atoms with E-state index >= 15 is 0 Å². The fourth-order valence-electron chi connectivity index (χ4n) is 1.24. The molecule has 1 atom stereocenters. The van der Waals surface area contributed by atoms with E-state index < -0.39 is 0 Å². The number of rotatable bonds is 0. The summed E-state index contributed by atoms with van der Waals surface area (Å²) in [5.41, 5.74) is 1.11. The van der Waals surface area contributed by atoms with Crippen LogP contribution in [0.3, 0.4) is 0 Å². The zero-order valence-electron chi connectivity index (χ0n) is 6.36. The molecule has 1 aromatic rings. The van der Waals surface area contributed by atoms with E-state index in [1.165, 1.54) is 0 Å². The summed E-state index contributed by atoms with van der Waals surface area (Å²) < 4.78 is 5.09. The van der Waals surface area contributed by atoms with Crippen molar-refractivity contribution in [2.45, 2.75) is 11.2 Å². The van der Waals surface area contributed by atoms with Crippen molar-refractivity contribution >= 4 is 22.0 Å². The Labute approximate surface area is 78.7 Å². The van der Waals surface area contributed by atoms with Gasteiger partial charge in [0.2, 0.25) is 0 Å². The maximum absolute atomic E-state index is 11.1. The molecule has 0 N–H and O–H groups in total. The van der Waals surface area contributed by atoms with Gasteiger partial charge in [0.05, 0.1) is 0 Å². The first kappa shape index (κ1) is 7.84. The molecular weight excluding hydrogens is 219 g/mol. The number of carbonyl (C=O) groups is 1. The predicted octanol–water partition coefficient (Wildman–Crippen LogP) is 0.837. The van der Waals surface area contributed by atoms with Gasteiger partial charge >= 0.3 is 78.3 Å². The normalized spacial score (nSPS) is 21.4. The maximum atomic E-state index is 11.1. The van der Waals surface area contributed by atoms with Crippen molar-refractivity contribution in [3.05, 3.63) is 29.8 Å². The van der Waals surface area contributed by atoms with Gasteiger partial charge in [-0.25, -0.2) is 0 Å². The molecule has 0 bridgehead atoms. The zero-order chi connectivity index (χ0) is 8.55. The van der Waals surface area contributed by atoms with Crippen LogP contribution in [-0.4, -0.2) is 22.0 Å². The molecule has 0 amide bonds. The van der Waals surface area contributed by atoms with E-state index in [9.17, 15) is 4.79 Å². The molecule has 0 saturated heterocycles. The van der Waals surface area contributed by atoms with E-state index in [1.54, 1.807) is 0 Å². The molecule has 1 aliphatic rings. The van der Waals surface area contributed by atoms with Crippen LogP contribution in [0.2, 0.25) is 4.82 Å². The quantitative estimate of drug-likeness (QED) is 0.373. The number of benzene rings is 1. The van der Waals surface area contributed by atoms with Gasteiger partial charge in [0.1, 0.15) is 0 Å². The van der Waals surface area contributed by atoms with Crippen LogP contribution >= 0.6 is 0 Å². The van der Waals surface area contributed by atoms with Gasteiger partial charge in [-0.05, 0) is 0 Å². The average Bonchev–Trinajstić information content (AvgIpc) is 2.07. The molecule has 1 unspecified atom stereocenters. The third-order valence-electron chi connectivity index (χ3n) is 1.87. The number of ether oxygens (including phenoxy) is 1. The molecule has 0 aromatic heterocycles. The average molecular weight is 227 g/mol. The third-order valence-corrected chi connectivity index (χ3v) is 2.69. The summed E-state index contributed by atoms with van der Waals surface area (Å²) in [6, 6.07) is 7.64. The second-order valence-corrected chi connectivity index (χ2v) is 4.06. The van der Waals surface area contributed by atoms with E-state index in [4.69, 9.17) is 4.74 Å². The molecule has 1 aromatic carbocycles. The van der Waals surface area contributed by atoms with Crippen LogP contribution in [0, 0.1) is 0 Å². The summed E-state index contributed by atoms with van der Waals surface area (Å²) in [5.74, 6) is 0.568. The van der Waals surface area contributed by atoms with Crippen molar-refractivity contribution in [3.8, 4) is 5.75 Å². The van der Waals surface area contributed by atoms with Gasteiger partial charge in [-0.2, -0.15) is 0 Å². The standard InChI is InChI=1S/C9H8O2Se/c10-9-8(12)5-6-3-1-2-4-7(6)11-9/h1-4,8,12H,5H2. The van der Waals surface area contributed by atoms with Crippen LogP contribution in [-0.2, 0) is 11.2 Å². The minimum absolute atomic E-state index is 0.0626. The molecule has 0 fully saturated rings.